The van der Waals surface area contributed by atoms with Crippen LogP contribution in [0.1, 0.15) is 50.5 Å². The molecule has 0 radical (unpaired) electrons. The summed E-state index contributed by atoms with van der Waals surface area (Å²) in [6.07, 6.45) is 7.62. The van der Waals surface area contributed by atoms with Crippen molar-refractivity contribution in [3.05, 3.63) is 35.9 Å². The van der Waals surface area contributed by atoms with Crippen molar-refractivity contribution in [2.24, 2.45) is 5.92 Å². The Balaban J connectivity index is 1.14. The molecule has 6 nitrogen and oxygen atoms in total. The maximum absolute atomic E-state index is 12.8. The first kappa shape index (κ1) is 22.3. The van der Waals surface area contributed by atoms with E-state index in [4.69, 9.17) is 4.74 Å². The molecular formula is C25H37N3O3. The molecule has 3 saturated heterocycles. The van der Waals surface area contributed by atoms with Crippen molar-refractivity contribution in [2.45, 2.75) is 57.6 Å². The van der Waals surface area contributed by atoms with Crippen LogP contribution in [-0.2, 0) is 20.9 Å². The third-order valence-electron chi connectivity index (χ3n) is 7.22. The highest BCUT2D eigenvalue weighted by Gasteiger charge is 2.33. The van der Waals surface area contributed by atoms with E-state index < -0.39 is 0 Å². The van der Waals surface area contributed by atoms with Crippen LogP contribution in [0.3, 0.4) is 0 Å². The largest absolute Gasteiger partial charge is 0.367 e. The van der Waals surface area contributed by atoms with Gasteiger partial charge in [-0.3, -0.25) is 9.59 Å². The number of ether oxygens (including phenoxy) is 1. The fourth-order valence-corrected chi connectivity index (χ4v) is 5.29. The lowest BCUT2D eigenvalue weighted by Gasteiger charge is -2.42. The van der Waals surface area contributed by atoms with Gasteiger partial charge in [-0.05, 0) is 63.6 Å². The van der Waals surface area contributed by atoms with Gasteiger partial charge in [0.15, 0.2) is 0 Å². The molecule has 3 heterocycles. The smallest absolute Gasteiger partial charge is 0.248 e. The van der Waals surface area contributed by atoms with Gasteiger partial charge >= 0.3 is 0 Å². The Morgan fingerprint density at radius 2 is 1.48 bits per heavy atom. The molecular weight excluding hydrogens is 390 g/mol. The van der Waals surface area contributed by atoms with E-state index >= 15 is 0 Å². The number of piperidine rings is 3. The standard InChI is InChI=1S/C25H37N3O3/c29-24(20-31-19-21-7-3-1-4-8-21)27-17-11-23(12-18-27)26-15-9-22(10-16-26)25(30)28-13-5-2-6-14-28/h1,3-4,7-8,22-23H,2,5-6,9-20H2. The molecule has 0 atom stereocenters. The van der Waals surface area contributed by atoms with Crippen molar-refractivity contribution in [2.75, 3.05) is 45.9 Å². The van der Waals surface area contributed by atoms with Gasteiger partial charge in [-0.2, -0.15) is 0 Å². The van der Waals surface area contributed by atoms with Crippen LogP contribution in [0.4, 0.5) is 0 Å². The first-order valence-corrected chi connectivity index (χ1v) is 12.1. The molecule has 3 aliphatic heterocycles. The van der Waals surface area contributed by atoms with Crippen LogP contribution >= 0.6 is 0 Å². The van der Waals surface area contributed by atoms with Crippen molar-refractivity contribution in [1.82, 2.24) is 14.7 Å². The minimum absolute atomic E-state index is 0.0974. The van der Waals surface area contributed by atoms with Crippen LogP contribution in [0.15, 0.2) is 30.3 Å². The van der Waals surface area contributed by atoms with Gasteiger partial charge < -0.3 is 19.4 Å². The average molecular weight is 428 g/mol. The van der Waals surface area contributed by atoms with Crippen LogP contribution in [0, 0.1) is 5.92 Å². The number of rotatable bonds is 6. The molecule has 0 unspecified atom stereocenters. The summed E-state index contributed by atoms with van der Waals surface area (Å²) < 4.78 is 5.62. The van der Waals surface area contributed by atoms with E-state index in [2.05, 4.69) is 9.80 Å². The minimum atomic E-state index is 0.0974. The summed E-state index contributed by atoms with van der Waals surface area (Å²) in [6, 6.07) is 10.5. The highest BCUT2D eigenvalue weighted by Crippen LogP contribution is 2.26. The molecule has 6 heteroatoms. The molecule has 1 aromatic rings. The Labute approximate surface area is 186 Å². The van der Waals surface area contributed by atoms with E-state index in [0.717, 1.165) is 70.5 Å². The fourth-order valence-electron chi connectivity index (χ4n) is 5.29. The van der Waals surface area contributed by atoms with Crippen molar-refractivity contribution in [3.63, 3.8) is 0 Å². The summed E-state index contributed by atoms with van der Waals surface area (Å²) in [5.74, 6) is 0.716. The van der Waals surface area contributed by atoms with Gasteiger partial charge in [0.2, 0.25) is 11.8 Å². The molecule has 31 heavy (non-hydrogen) atoms. The van der Waals surface area contributed by atoms with Crippen molar-refractivity contribution in [3.8, 4) is 0 Å². The van der Waals surface area contributed by atoms with Gasteiger partial charge in [-0.15, -0.1) is 0 Å². The van der Waals surface area contributed by atoms with E-state index in [9.17, 15) is 9.59 Å². The van der Waals surface area contributed by atoms with Gasteiger partial charge in [-0.1, -0.05) is 30.3 Å². The number of likely N-dealkylation sites (tertiary alicyclic amines) is 3. The molecule has 0 spiro atoms. The highest BCUT2D eigenvalue weighted by atomic mass is 16.5. The number of nitrogens with zero attached hydrogens (tertiary/aromatic N) is 3. The quantitative estimate of drug-likeness (QED) is 0.701. The molecule has 1 aromatic carbocycles. The van der Waals surface area contributed by atoms with E-state index in [-0.39, 0.29) is 18.4 Å². The third-order valence-corrected chi connectivity index (χ3v) is 7.22. The van der Waals surface area contributed by atoms with Crippen molar-refractivity contribution < 1.29 is 14.3 Å². The van der Waals surface area contributed by atoms with Gasteiger partial charge in [0.05, 0.1) is 6.61 Å². The molecule has 0 aromatic heterocycles. The zero-order valence-corrected chi connectivity index (χ0v) is 18.7. The topological polar surface area (TPSA) is 53.1 Å². The summed E-state index contributed by atoms with van der Waals surface area (Å²) in [6.45, 7) is 6.21. The zero-order valence-electron chi connectivity index (χ0n) is 18.7. The second-order valence-electron chi connectivity index (χ2n) is 9.29. The number of hydrogen-bond acceptors (Lipinski definition) is 4. The molecule has 3 aliphatic rings. The maximum atomic E-state index is 12.8. The normalized spacial score (nSPS) is 21.9. The Morgan fingerprint density at radius 3 is 2.16 bits per heavy atom. The second-order valence-corrected chi connectivity index (χ2v) is 9.29. The van der Waals surface area contributed by atoms with E-state index in [1.54, 1.807) is 0 Å². The number of hydrogen-bond donors (Lipinski definition) is 0. The summed E-state index contributed by atoms with van der Waals surface area (Å²) in [5.41, 5.74) is 1.09. The average Bonchev–Trinajstić information content (AvgIpc) is 2.85. The van der Waals surface area contributed by atoms with Gasteiger partial charge in [0.1, 0.15) is 6.61 Å². The lowest BCUT2D eigenvalue weighted by Crippen LogP contribution is -2.51. The summed E-state index contributed by atoms with van der Waals surface area (Å²) in [7, 11) is 0. The molecule has 2 amide bonds. The number of benzene rings is 1. The Hall–Kier alpha value is -1.92. The Bertz CT molecular complexity index is 704. The second kappa shape index (κ2) is 11.1. The zero-order chi connectivity index (χ0) is 21.5. The molecule has 170 valence electrons. The third kappa shape index (κ3) is 6.07. The van der Waals surface area contributed by atoms with Crippen LogP contribution < -0.4 is 0 Å². The molecule has 0 saturated carbocycles. The predicted octanol–water partition coefficient (Wildman–Crippen LogP) is 2.92. The lowest BCUT2D eigenvalue weighted by atomic mass is 9.92. The van der Waals surface area contributed by atoms with Crippen molar-refractivity contribution >= 4 is 11.8 Å². The van der Waals surface area contributed by atoms with Gasteiger partial charge in [0, 0.05) is 38.1 Å². The van der Waals surface area contributed by atoms with E-state index in [1.165, 1.54) is 19.3 Å². The molecule has 0 aliphatic carbocycles. The predicted molar refractivity (Wildman–Crippen MR) is 120 cm³/mol. The molecule has 0 N–H and O–H groups in total. The molecule has 4 rings (SSSR count). The summed E-state index contributed by atoms with van der Waals surface area (Å²) in [5, 5.41) is 0. The highest BCUT2D eigenvalue weighted by molar-refractivity contribution is 5.79. The fraction of sp³-hybridized carbons (Fsp3) is 0.680. The van der Waals surface area contributed by atoms with Crippen LogP contribution in [0.5, 0.6) is 0 Å². The van der Waals surface area contributed by atoms with Crippen LogP contribution in [0.2, 0.25) is 0 Å². The Kier molecular flexibility index (Phi) is 7.97. The van der Waals surface area contributed by atoms with Crippen LogP contribution in [-0.4, -0.2) is 78.4 Å². The monoisotopic (exact) mass is 427 g/mol. The SMILES string of the molecule is O=C(COCc1ccccc1)N1CCC(N2CCC(C(=O)N3CCCCC3)CC2)CC1. The van der Waals surface area contributed by atoms with E-state index in [1.807, 2.05) is 35.2 Å². The number of amides is 2. The molecule has 3 fully saturated rings. The van der Waals surface area contributed by atoms with E-state index in [0.29, 0.717) is 18.6 Å². The van der Waals surface area contributed by atoms with Crippen LogP contribution in [0.25, 0.3) is 0 Å². The van der Waals surface area contributed by atoms with Gasteiger partial charge in [-0.25, -0.2) is 0 Å². The first-order chi connectivity index (χ1) is 15.2. The lowest BCUT2D eigenvalue weighted by molar-refractivity contribution is -0.140. The summed E-state index contributed by atoms with van der Waals surface area (Å²) >= 11 is 0. The number of carbonyl (C=O) groups excluding carboxylic acids is 2. The Morgan fingerprint density at radius 1 is 0.806 bits per heavy atom. The van der Waals surface area contributed by atoms with Crippen molar-refractivity contribution in [1.29, 1.82) is 0 Å². The number of carbonyl (C=O) groups is 2. The first-order valence-electron chi connectivity index (χ1n) is 12.1. The maximum Gasteiger partial charge on any atom is 0.248 e. The minimum Gasteiger partial charge on any atom is -0.367 e. The molecule has 0 bridgehead atoms. The summed E-state index contributed by atoms with van der Waals surface area (Å²) in [4.78, 5) is 31.9. The van der Waals surface area contributed by atoms with Gasteiger partial charge in [0.25, 0.3) is 0 Å².